The number of alkyl halides is 1. The molecule has 4 heteroatoms. The number of carbonyl (C=O) groups is 1. The van der Waals surface area contributed by atoms with Gasteiger partial charge in [-0.15, -0.1) is 11.6 Å². The third-order valence-electron chi connectivity index (χ3n) is 0.496. The monoisotopic (exact) mass is 149 g/mol. The van der Waals surface area contributed by atoms with Crippen LogP contribution in [0.15, 0.2) is 4.99 Å². The molecule has 1 amide bonds. The number of thiocarbonyl (C=S) groups is 1. The van der Waals surface area contributed by atoms with Crippen molar-refractivity contribution < 1.29 is 4.79 Å². The van der Waals surface area contributed by atoms with Crippen molar-refractivity contribution in [2.45, 2.75) is 12.3 Å². The molecule has 0 saturated carbocycles. The molecule has 1 atom stereocenters. The summed E-state index contributed by atoms with van der Waals surface area (Å²) in [4.78, 5) is 13.4. The van der Waals surface area contributed by atoms with E-state index in [-0.39, 0.29) is 0 Å². The first-order chi connectivity index (χ1) is 3.68. The van der Waals surface area contributed by atoms with E-state index in [1.54, 1.807) is 0 Å². The maximum atomic E-state index is 10.3. The number of hydrogen-bond acceptors (Lipinski definition) is 2. The van der Waals surface area contributed by atoms with Gasteiger partial charge in [0, 0.05) is 0 Å². The topological polar surface area (TPSA) is 29.4 Å². The van der Waals surface area contributed by atoms with Crippen LogP contribution in [0, 0.1) is 0 Å². The van der Waals surface area contributed by atoms with Gasteiger partial charge >= 0.3 is 0 Å². The minimum atomic E-state index is -0.592. The maximum absolute atomic E-state index is 10.3. The van der Waals surface area contributed by atoms with Crippen LogP contribution in [-0.4, -0.2) is 16.4 Å². The summed E-state index contributed by atoms with van der Waals surface area (Å²) in [5, 5.41) is 1.33. The average molecular weight is 150 g/mol. The quantitative estimate of drug-likeness (QED) is 0.319. The van der Waals surface area contributed by atoms with Crippen molar-refractivity contribution in [3.05, 3.63) is 0 Å². The largest absolute Gasteiger partial charge is 0.272 e. The van der Waals surface area contributed by atoms with E-state index in [1.807, 2.05) is 5.16 Å². The molecule has 2 nitrogen and oxygen atoms in total. The SMILES string of the molecule is CC(Cl)C(=O)N=C=S. The molecule has 0 rings (SSSR count). The van der Waals surface area contributed by atoms with Gasteiger partial charge in [0.25, 0.3) is 5.91 Å². The van der Waals surface area contributed by atoms with Crippen LogP contribution in [-0.2, 0) is 4.79 Å². The van der Waals surface area contributed by atoms with Crippen molar-refractivity contribution >= 4 is 34.9 Å². The molecular weight excluding hydrogens is 146 g/mol. The Bertz CT molecular complexity index is 139. The molecule has 0 fully saturated rings. The van der Waals surface area contributed by atoms with Crippen molar-refractivity contribution in [3.63, 3.8) is 0 Å². The normalized spacial score (nSPS) is 11.8. The molecule has 44 valence electrons. The molecule has 0 aliphatic carbocycles. The summed E-state index contributed by atoms with van der Waals surface area (Å²) in [5.74, 6) is -0.443. The molecule has 0 aromatic heterocycles. The third kappa shape index (κ3) is 2.86. The molecule has 0 aliphatic heterocycles. The lowest BCUT2D eigenvalue weighted by molar-refractivity contribution is -0.117. The number of isothiocyanates is 1. The summed E-state index contributed by atoms with van der Waals surface area (Å²) in [6.07, 6.45) is 0. The van der Waals surface area contributed by atoms with Gasteiger partial charge in [-0.1, -0.05) is 0 Å². The summed E-state index contributed by atoms with van der Waals surface area (Å²) in [6.45, 7) is 1.53. The lowest BCUT2D eigenvalue weighted by Crippen LogP contribution is -2.05. The zero-order valence-electron chi connectivity index (χ0n) is 4.22. The highest BCUT2D eigenvalue weighted by Crippen LogP contribution is 1.94. The number of hydrogen-bond donors (Lipinski definition) is 0. The van der Waals surface area contributed by atoms with Crippen LogP contribution in [0.25, 0.3) is 0 Å². The van der Waals surface area contributed by atoms with Crippen molar-refractivity contribution in [3.8, 4) is 0 Å². The number of nitrogens with zero attached hydrogens (tertiary/aromatic N) is 1. The van der Waals surface area contributed by atoms with Crippen molar-refractivity contribution in [1.29, 1.82) is 0 Å². The van der Waals surface area contributed by atoms with Crippen molar-refractivity contribution in [1.82, 2.24) is 0 Å². The smallest absolute Gasteiger partial charge is 0.270 e. The fourth-order valence-electron chi connectivity index (χ4n) is 0.134. The molecular formula is C4H4ClNOS. The van der Waals surface area contributed by atoms with E-state index >= 15 is 0 Å². The van der Waals surface area contributed by atoms with Gasteiger partial charge in [-0.2, -0.15) is 4.99 Å². The Morgan fingerprint density at radius 2 is 2.50 bits per heavy atom. The van der Waals surface area contributed by atoms with Gasteiger partial charge in [-0.3, -0.25) is 4.79 Å². The molecule has 0 spiro atoms. The molecule has 0 radical (unpaired) electrons. The van der Waals surface area contributed by atoms with E-state index in [0.29, 0.717) is 0 Å². The Morgan fingerprint density at radius 3 is 2.62 bits per heavy atom. The van der Waals surface area contributed by atoms with Gasteiger partial charge in [0.1, 0.15) is 5.38 Å². The van der Waals surface area contributed by atoms with Crippen LogP contribution < -0.4 is 0 Å². The molecule has 0 heterocycles. The number of halogens is 1. The summed E-state index contributed by atoms with van der Waals surface area (Å²) in [6, 6.07) is 0. The van der Waals surface area contributed by atoms with E-state index in [2.05, 4.69) is 17.2 Å². The first-order valence-electron chi connectivity index (χ1n) is 1.94. The molecule has 8 heavy (non-hydrogen) atoms. The van der Waals surface area contributed by atoms with E-state index < -0.39 is 11.3 Å². The van der Waals surface area contributed by atoms with Gasteiger partial charge in [-0.05, 0) is 19.1 Å². The number of aliphatic imine (C=N–C) groups is 1. The Kier molecular flexibility index (Phi) is 3.61. The third-order valence-corrected chi connectivity index (χ3v) is 0.774. The van der Waals surface area contributed by atoms with Crippen molar-refractivity contribution in [2.24, 2.45) is 4.99 Å². The zero-order chi connectivity index (χ0) is 6.57. The van der Waals surface area contributed by atoms with Crippen LogP contribution in [0.1, 0.15) is 6.92 Å². The zero-order valence-corrected chi connectivity index (χ0v) is 5.79. The highest BCUT2D eigenvalue weighted by Gasteiger charge is 2.04. The van der Waals surface area contributed by atoms with Crippen LogP contribution in [0.5, 0.6) is 0 Å². The predicted octanol–water partition coefficient (Wildman–Crippen LogP) is 1.24. The highest BCUT2D eigenvalue weighted by atomic mass is 35.5. The minimum Gasteiger partial charge on any atom is -0.270 e. The lowest BCUT2D eigenvalue weighted by atomic mass is 10.5. The fourth-order valence-corrected chi connectivity index (χ4v) is 0.273. The fraction of sp³-hybridized carbons (Fsp3) is 0.500. The first kappa shape index (κ1) is 7.76. The van der Waals surface area contributed by atoms with E-state index in [9.17, 15) is 4.79 Å². The molecule has 0 saturated heterocycles. The summed E-state index contributed by atoms with van der Waals surface area (Å²) < 4.78 is 0. The molecule has 0 aromatic carbocycles. The second-order valence-electron chi connectivity index (χ2n) is 1.16. The number of carbonyl (C=O) groups excluding carboxylic acids is 1. The maximum Gasteiger partial charge on any atom is 0.272 e. The Balaban J connectivity index is 3.84. The van der Waals surface area contributed by atoms with E-state index in [0.717, 1.165) is 0 Å². The van der Waals surface area contributed by atoms with Gasteiger partial charge in [0.15, 0.2) is 0 Å². The average Bonchev–Trinajstić information content (AvgIpc) is 1.67. The molecule has 0 aromatic rings. The van der Waals surface area contributed by atoms with Crippen LogP contribution in [0.2, 0.25) is 0 Å². The summed E-state index contributed by atoms with van der Waals surface area (Å²) >= 11 is 9.43. The Hall–Kier alpha value is -0.240. The van der Waals surface area contributed by atoms with E-state index in [1.165, 1.54) is 6.92 Å². The van der Waals surface area contributed by atoms with Gasteiger partial charge in [0.2, 0.25) is 0 Å². The van der Waals surface area contributed by atoms with Gasteiger partial charge in [0.05, 0.1) is 5.16 Å². The van der Waals surface area contributed by atoms with Crippen molar-refractivity contribution in [2.75, 3.05) is 0 Å². The summed E-state index contributed by atoms with van der Waals surface area (Å²) in [5.41, 5.74) is 0. The lowest BCUT2D eigenvalue weighted by Gasteiger charge is -1.88. The van der Waals surface area contributed by atoms with Crippen LogP contribution >= 0.6 is 23.8 Å². The van der Waals surface area contributed by atoms with Crippen LogP contribution in [0.3, 0.4) is 0 Å². The minimum absolute atomic E-state index is 0.443. The Morgan fingerprint density at radius 1 is 2.00 bits per heavy atom. The van der Waals surface area contributed by atoms with Gasteiger partial charge < -0.3 is 0 Å². The first-order valence-corrected chi connectivity index (χ1v) is 2.78. The molecule has 1 unspecified atom stereocenters. The summed E-state index contributed by atoms with van der Waals surface area (Å²) in [7, 11) is 0. The standard InChI is InChI=1S/C4H4ClNOS/c1-3(5)4(7)6-2-8/h3H,1H3. The van der Waals surface area contributed by atoms with Gasteiger partial charge in [-0.25, -0.2) is 0 Å². The predicted molar refractivity (Wildman–Crippen MR) is 35.3 cm³/mol. The second kappa shape index (κ2) is 3.72. The number of rotatable bonds is 1. The van der Waals surface area contributed by atoms with Crippen LogP contribution in [0.4, 0.5) is 0 Å². The Labute approximate surface area is 57.6 Å². The second-order valence-corrected chi connectivity index (χ2v) is 1.99. The molecule has 0 N–H and O–H groups in total. The molecule has 0 bridgehead atoms. The highest BCUT2D eigenvalue weighted by molar-refractivity contribution is 7.78. The van der Waals surface area contributed by atoms with E-state index in [4.69, 9.17) is 11.6 Å². The number of amides is 1. The molecule has 0 aliphatic rings.